The number of nitrogens with two attached hydrogens (primary N) is 1. The summed E-state index contributed by atoms with van der Waals surface area (Å²) < 4.78 is 5.28. The number of hydrogen-bond donors (Lipinski definition) is 2. The van der Waals surface area contributed by atoms with Gasteiger partial charge >= 0.3 is 0 Å². The van der Waals surface area contributed by atoms with Crippen LogP contribution in [0, 0.1) is 0 Å². The predicted octanol–water partition coefficient (Wildman–Crippen LogP) is 1.51. The monoisotopic (exact) mass is 306 g/mol. The molecule has 1 fully saturated rings. The largest absolute Gasteiger partial charge is 0.383 e. The van der Waals surface area contributed by atoms with E-state index in [0.717, 1.165) is 0 Å². The van der Waals surface area contributed by atoms with Crippen LogP contribution in [-0.2, 0) is 4.74 Å². The first-order chi connectivity index (χ1) is 10.2. The summed E-state index contributed by atoms with van der Waals surface area (Å²) in [4.78, 5) is 21.4. The van der Waals surface area contributed by atoms with Crippen molar-refractivity contribution in [1.82, 2.24) is 9.97 Å². The molecule has 1 saturated heterocycles. The second kappa shape index (κ2) is 5.75. The fourth-order valence-electron chi connectivity index (χ4n) is 2.33. The van der Waals surface area contributed by atoms with Crippen LogP contribution >= 0.6 is 11.6 Å². The summed E-state index contributed by atoms with van der Waals surface area (Å²) in [7, 11) is 0. The molecule has 6 nitrogen and oxygen atoms in total. The zero-order valence-electron chi connectivity index (χ0n) is 11.3. The van der Waals surface area contributed by atoms with Crippen LogP contribution in [0.15, 0.2) is 29.1 Å². The number of ether oxygens (including phenoxy) is 1. The molecule has 21 heavy (non-hydrogen) atoms. The first-order valence-electron chi connectivity index (χ1n) is 6.64. The Hall–Kier alpha value is -2.05. The lowest BCUT2D eigenvalue weighted by Crippen LogP contribution is -2.38. The van der Waals surface area contributed by atoms with Crippen molar-refractivity contribution in [3.8, 4) is 11.1 Å². The molecule has 1 aromatic carbocycles. The van der Waals surface area contributed by atoms with Crippen LogP contribution in [0.5, 0.6) is 0 Å². The Balaban J connectivity index is 2.05. The van der Waals surface area contributed by atoms with E-state index < -0.39 is 0 Å². The first-order valence-corrected chi connectivity index (χ1v) is 7.02. The van der Waals surface area contributed by atoms with Gasteiger partial charge in [-0.3, -0.25) is 9.78 Å². The molecule has 7 heteroatoms. The minimum absolute atomic E-state index is 0.174. The van der Waals surface area contributed by atoms with Gasteiger partial charge in [0.2, 0.25) is 5.95 Å². The van der Waals surface area contributed by atoms with E-state index in [1.807, 2.05) is 4.90 Å². The van der Waals surface area contributed by atoms with Gasteiger partial charge in [-0.05, 0) is 6.07 Å². The molecular formula is C14H15ClN4O2. The van der Waals surface area contributed by atoms with Gasteiger partial charge in [-0.25, -0.2) is 0 Å². The molecule has 0 unspecified atom stereocenters. The Morgan fingerprint density at radius 1 is 1.29 bits per heavy atom. The van der Waals surface area contributed by atoms with E-state index in [1.165, 1.54) is 0 Å². The molecule has 1 aliphatic heterocycles. The van der Waals surface area contributed by atoms with Crippen molar-refractivity contribution in [2.75, 3.05) is 36.9 Å². The molecule has 3 N–H and O–H groups in total. The number of aromatic amines is 1. The molecule has 0 radical (unpaired) electrons. The van der Waals surface area contributed by atoms with E-state index in [0.29, 0.717) is 48.4 Å². The third kappa shape index (κ3) is 2.72. The van der Waals surface area contributed by atoms with Crippen LogP contribution in [0.4, 0.5) is 11.8 Å². The highest BCUT2D eigenvalue weighted by Crippen LogP contribution is 2.28. The summed E-state index contributed by atoms with van der Waals surface area (Å²) in [6.07, 6.45) is 0. The van der Waals surface area contributed by atoms with Gasteiger partial charge in [0.1, 0.15) is 5.82 Å². The summed E-state index contributed by atoms with van der Waals surface area (Å²) in [5.74, 6) is 0.643. The molecule has 0 saturated carbocycles. The van der Waals surface area contributed by atoms with Crippen molar-refractivity contribution in [2.24, 2.45) is 0 Å². The number of benzene rings is 1. The van der Waals surface area contributed by atoms with Gasteiger partial charge in [-0.15, -0.1) is 0 Å². The van der Waals surface area contributed by atoms with Crippen molar-refractivity contribution in [3.63, 3.8) is 0 Å². The van der Waals surface area contributed by atoms with E-state index in [9.17, 15) is 4.79 Å². The summed E-state index contributed by atoms with van der Waals surface area (Å²) in [5.41, 5.74) is 6.57. The molecule has 2 aromatic rings. The van der Waals surface area contributed by atoms with Crippen LogP contribution in [0.2, 0.25) is 5.02 Å². The number of halogens is 1. The van der Waals surface area contributed by atoms with Crippen LogP contribution in [0.25, 0.3) is 11.1 Å². The second-order valence-corrected chi connectivity index (χ2v) is 5.14. The number of aromatic nitrogens is 2. The number of rotatable bonds is 2. The topological polar surface area (TPSA) is 84.2 Å². The minimum Gasteiger partial charge on any atom is -0.383 e. The fraction of sp³-hybridized carbons (Fsp3) is 0.286. The standard InChI is InChI=1S/C14H15ClN4O2/c15-10-4-2-1-3-9(10)11-12(16)17-14(18-13(11)20)19-5-7-21-8-6-19/h1-4H,5-8H2,(H3,16,17,18,20). The van der Waals surface area contributed by atoms with E-state index in [2.05, 4.69) is 9.97 Å². The van der Waals surface area contributed by atoms with Crippen molar-refractivity contribution >= 4 is 23.4 Å². The second-order valence-electron chi connectivity index (χ2n) is 4.73. The van der Waals surface area contributed by atoms with Crippen molar-refractivity contribution in [2.45, 2.75) is 0 Å². The third-order valence-electron chi connectivity index (χ3n) is 3.39. The molecule has 0 aliphatic carbocycles. The smallest absolute Gasteiger partial charge is 0.262 e. The molecule has 0 amide bonds. The summed E-state index contributed by atoms with van der Waals surface area (Å²) in [6, 6.07) is 7.06. The van der Waals surface area contributed by atoms with Gasteiger partial charge in [0.15, 0.2) is 0 Å². The van der Waals surface area contributed by atoms with E-state index in [1.54, 1.807) is 24.3 Å². The van der Waals surface area contributed by atoms with E-state index >= 15 is 0 Å². The fourth-order valence-corrected chi connectivity index (χ4v) is 2.56. The summed E-state index contributed by atoms with van der Waals surface area (Å²) >= 11 is 6.13. The summed E-state index contributed by atoms with van der Waals surface area (Å²) in [6.45, 7) is 2.56. The van der Waals surface area contributed by atoms with Gasteiger partial charge in [-0.2, -0.15) is 4.98 Å². The Labute approximate surface area is 126 Å². The molecule has 1 aliphatic rings. The van der Waals surface area contributed by atoms with Crippen molar-refractivity contribution in [3.05, 3.63) is 39.6 Å². The van der Waals surface area contributed by atoms with Crippen molar-refractivity contribution < 1.29 is 4.74 Å². The lowest BCUT2D eigenvalue weighted by atomic mass is 10.1. The van der Waals surface area contributed by atoms with Gasteiger partial charge in [0, 0.05) is 23.7 Å². The highest BCUT2D eigenvalue weighted by Gasteiger charge is 2.18. The van der Waals surface area contributed by atoms with Crippen LogP contribution in [-0.4, -0.2) is 36.3 Å². The van der Waals surface area contributed by atoms with Crippen LogP contribution < -0.4 is 16.2 Å². The van der Waals surface area contributed by atoms with E-state index in [4.69, 9.17) is 22.1 Å². The lowest BCUT2D eigenvalue weighted by Gasteiger charge is -2.27. The number of morpholine rings is 1. The minimum atomic E-state index is -0.294. The molecule has 2 heterocycles. The van der Waals surface area contributed by atoms with Crippen LogP contribution in [0.3, 0.4) is 0 Å². The molecule has 0 spiro atoms. The maximum Gasteiger partial charge on any atom is 0.262 e. The first kappa shape index (κ1) is 13.9. The van der Waals surface area contributed by atoms with Gasteiger partial charge in [-0.1, -0.05) is 29.8 Å². The lowest BCUT2D eigenvalue weighted by molar-refractivity contribution is 0.122. The zero-order valence-corrected chi connectivity index (χ0v) is 12.1. The quantitative estimate of drug-likeness (QED) is 0.878. The maximum atomic E-state index is 12.4. The Bertz CT molecular complexity index is 710. The zero-order chi connectivity index (χ0) is 14.8. The molecular weight excluding hydrogens is 292 g/mol. The summed E-state index contributed by atoms with van der Waals surface area (Å²) in [5, 5.41) is 0.468. The molecule has 0 atom stereocenters. The highest BCUT2D eigenvalue weighted by atomic mass is 35.5. The number of hydrogen-bond acceptors (Lipinski definition) is 5. The molecule has 3 rings (SSSR count). The normalized spacial score (nSPS) is 15.2. The average Bonchev–Trinajstić information content (AvgIpc) is 2.49. The van der Waals surface area contributed by atoms with Gasteiger partial charge < -0.3 is 15.4 Å². The number of nitrogens with zero attached hydrogens (tertiary/aromatic N) is 2. The molecule has 1 aromatic heterocycles. The number of nitrogens with one attached hydrogen (secondary N) is 1. The number of anilines is 2. The predicted molar refractivity (Wildman–Crippen MR) is 82.7 cm³/mol. The number of nitrogen functional groups attached to an aromatic ring is 1. The Morgan fingerprint density at radius 3 is 2.67 bits per heavy atom. The van der Waals surface area contributed by atoms with Crippen molar-refractivity contribution in [1.29, 1.82) is 0 Å². The SMILES string of the molecule is Nc1nc(N2CCOCC2)[nH]c(=O)c1-c1ccccc1Cl. The molecule has 110 valence electrons. The number of H-pyrrole nitrogens is 1. The van der Waals surface area contributed by atoms with Gasteiger partial charge in [0.05, 0.1) is 18.8 Å². The maximum absolute atomic E-state index is 12.4. The van der Waals surface area contributed by atoms with Crippen LogP contribution in [0.1, 0.15) is 0 Å². The Kier molecular flexibility index (Phi) is 3.81. The van der Waals surface area contributed by atoms with E-state index in [-0.39, 0.29) is 11.4 Å². The van der Waals surface area contributed by atoms with Gasteiger partial charge in [0.25, 0.3) is 5.56 Å². The average molecular weight is 307 g/mol. The Morgan fingerprint density at radius 2 is 2.00 bits per heavy atom. The molecule has 0 bridgehead atoms. The third-order valence-corrected chi connectivity index (χ3v) is 3.72. The highest BCUT2D eigenvalue weighted by molar-refractivity contribution is 6.33.